The van der Waals surface area contributed by atoms with Crippen LogP contribution in [0, 0.1) is 25.7 Å². The molecule has 0 bridgehead atoms. The Morgan fingerprint density at radius 3 is 2.56 bits per heavy atom. The molecule has 4 nitrogen and oxygen atoms in total. The lowest BCUT2D eigenvalue weighted by Gasteiger charge is -2.13. The maximum Gasteiger partial charge on any atom is 0.241 e. The van der Waals surface area contributed by atoms with Crippen LogP contribution in [0.2, 0.25) is 0 Å². The van der Waals surface area contributed by atoms with E-state index in [-0.39, 0.29) is 4.90 Å². The van der Waals surface area contributed by atoms with Gasteiger partial charge in [-0.2, -0.15) is 0 Å². The number of rotatable bonds is 4. The minimum absolute atomic E-state index is 0.0319. The van der Waals surface area contributed by atoms with Crippen LogP contribution in [0.3, 0.4) is 0 Å². The largest absolute Gasteiger partial charge is 0.491 e. The van der Waals surface area contributed by atoms with Crippen LogP contribution in [0.4, 0.5) is 0 Å². The predicted molar refractivity (Wildman–Crippen MR) is 70.9 cm³/mol. The van der Waals surface area contributed by atoms with Crippen molar-refractivity contribution in [2.75, 3.05) is 6.61 Å². The first-order chi connectivity index (χ1) is 8.36. The van der Waals surface area contributed by atoms with E-state index in [1.54, 1.807) is 13.8 Å². The van der Waals surface area contributed by atoms with E-state index in [1.807, 2.05) is 13.0 Å². The Bertz CT molecular complexity index is 595. The van der Waals surface area contributed by atoms with Crippen molar-refractivity contribution in [3.63, 3.8) is 0 Å². The number of hydrogen-bond acceptors (Lipinski definition) is 3. The third kappa shape index (κ3) is 3.76. The molecule has 0 fully saturated rings. The topological polar surface area (TPSA) is 69.4 Å². The van der Waals surface area contributed by atoms with Gasteiger partial charge in [-0.15, -0.1) is 11.8 Å². The molecule has 0 aliphatic rings. The Labute approximate surface area is 108 Å². The predicted octanol–water partition coefficient (Wildman–Crippen LogP) is 1.74. The quantitative estimate of drug-likeness (QED) is 0.667. The monoisotopic (exact) mass is 267 g/mol. The van der Waals surface area contributed by atoms with Gasteiger partial charge in [-0.25, -0.2) is 13.6 Å². The molecule has 1 aromatic carbocycles. The second kappa shape index (κ2) is 5.89. The second-order valence-electron chi connectivity index (χ2n) is 3.98. The normalized spacial score (nSPS) is 10.7. The summed E-state index contributed by atoms with van der Waals surface area (Å²) in [4.78, 5) is 0.0319. The van der Waals surface area contributed by atoms with Crippen molar-refractivity contribution in [3.05, 3.63) is 23.3 Å². The van der Waals surface area contributed by atoms with E-state index in [0.29, 0.717) is 18.8 Å². The van der Waals surface area contributed by atoms with Crippen LogP contribution in [0.15, 0.2) is 17.0 Å². The highest BCUT2D eigenvalue weighted by Crippen LogP contribution is 2.28. The summed E-state index contributed by atoms with van der Waals surface area (Å²) in [5, 5.41) is 5.19. The molecule has 0 radical (unpaired) electrons. The zero-order chi connectivity index (χ0) is 13.8. The summed E-state index contributed by atoms with van der Waals surface area (Å²) >= 11 is 0. The maximum atomic E-state index is 11.5. The van der Waals surface area contributed by atoms with E-state index < -0.39 is 10.0 Å². The first-order valence-electron chi connectivity index (χ1n) is 5.52. The summed E-state index contributed by atoms with van der Waals surface area (Å²) in [5.74, 6) is 5.92. The molecule has 2 N–H and O–H groups in total. The van der Waals surface area contributed by atoms with Crippen LogP contribution in [-0.2, 0) is 10.0 Å². The van der Waals surface area contributed by atoms with Crippen LogP contribution >= 0.6 is 0 Å². The number of hydrogen-bond donors (Lipinski definition) is 1. The summed E-state index contributed by atoms with van der Waals surface area (Å²) in [6.07, 6.45) is 0.549. The van der Waals surface area contributed by atoms with E-state index in [2.05, 4.69) is 11.8 Å². The average Bonchev–Trinajstić information content (AvgIpc) is 2.24. The fourth-order valence-electron chi connectivity index (χ4n) is 1.64. The number of aryl methyl sites for hydroxylation is 2. The molecule has 18 heavy (non-hydrogen) atoms. The summed E-state index contributed by atoms with van der Waals surface area (Å²) in [5.41, 5.74) is 1.58. The Morgan fingerprint density at radius 2 is 2.00 bits per heavy atom. The molecule has 0 saturated heterocycles. The molecule has 0 atom stereocenters. The molecule has 98 valence electrons. The third-order valence-electron chi connectivity index (χ3n) is 2.34. The van der Waals surface area contributed by atoms with Crippen LogP contribution in [0.5, 0.6) is 5.75 Å². The van der Waals surface area contributed by atoms with Crippen molar-refractivity contribution >= 4 is 10.0 Å². The van der Waals surface area contributed by atoms with E-state index in [1.165, 1.54) is 6.07 Å². The summed E-state index contributed by atoms with van der Waals surface area (Å²) in [6.45, 7) is 5.69. The fraction of sp³-hybridized carbons (Fsp3) is 0.385. The number of ether oxygens (including phenoxy) is 1. The molecule has 0 heterocycles. The first-order valence-corrected chi connectivity index (χ1v) is 7.07. The van der Waals surface area contributed by atoms with Crippen LogP contribution in [0.25, 0.3) is 0 Å². The van der Waals surface area contributed by atoms with E-state index in [9.17, 15) is 8.42 Å². The lowest BCUT2D eigenvalue weighted by molar-refractivity contribution is 0.316. The van der Waals surface area contributed by atoms with Gasteiger partial charge in [0.15, 0.2) is 0 Å². The zero-order valence-corrected chi connectivity index (χ0v) is 11.6. The van der Waals surface area contributed by atoms with Crippen molar-refractivity contribution < 1.29 is 13.2 Å². The lowest BCUT2D eigenvalue weighted by Crippen LogP contribution is -2.15. The van der Waals surface area contributed by atoms with Crippen molar-refractivity contribution in [1.82, 2.24) is 0 Å². The molecule has 0 aliphatic carbocycles. The van der Waals surface area contributed by atoms with E-state index in [0.717, 1.165) is 11.1 Å². The standard InChI is InChI=1S/C13H17NO3S/c1-4-5-6-7-17-13-11(3)8-10(2)9-12(13)18(14,15)16/h8-9H,6-7H2,1-3H3,(H2,14,15,16). The van der Waals surface area contributed by atoms with Gasteiger partial charge in [-0.1, -0.05) is 6.07 Å². The van der Waals surface area contributed by atoms with Crippen molar-refractivity contribution in [2.45, 2.75) is 32.1 Å². The Morgan fingerprint density at radius 1 is 1.33 bits per heavy atom. The lowest BCUT2D eigenvalue weighted by atomic mass is 10.1. The summed E-state index contributed by atoms with van der Waals surface area (Å²) in [7, 11) is -3.78. The van der Waals surface area contributed by atoms with Crippen molar-refractivity contribution in [1.29, 1.82) is 0 Å². The van der Waals surface area contributed by atoms with E-state index >= 15 is 0 Å². The Kier molecular flexibility index (Phi) is 4.76. The minimum Gasteiger partial charge on any atom is -0.491 e. The van der Waals surface area contributed by atoms with Gasteiger partial charge in [0.05, 0.1) is 6.61 Å². The summed E-state index contributed by atoms with van der Waals surface area (Å²) in [6, 6.07) is 3.37. The minimum atomic E-state index is -3.78. The van der Waals surface area contributed by atoms with Gasteiger partial charge in [0.1, 0.15) is 10.6 Å². The molecule has 1 rings (SSSR count). The van der Waals surface area contributed by atoms with Crippen LogP contribution < -0.4 is 9.88 Å². The van der Waals surface area contributed by atoms with E-state index in [4.69, 9.17) is 9.88 Å². The molecule has 1 aromatic rings. The van der Waals surface area contributed by atoms with Crippen LogP contribution in [-0.4, -0.2) is 15.0 Å². The van der Waals surface area contributed by atoms with Gasteiger partial charge in [-0.3, -0.25) is 0 Å². The smallest absolute Gasteiger partial charge is 0.241 e. The average molecular weight is 267 g/mol. The fourth-order valence-corrected chi connectivity index (χ4v) is 2.47. The van der Waals surface area contributed by atoms with Gasteiger partial charge < -0.3 is 4.74 Å². The highest BCUT2D eigenvalue weighted by molar-refractivity contribution is 7.89. The Balaban J connectivity index is 3.11. The molecule has 0 amide bonds. The highest BCUT2D eigenvalue weighted by Gasteiger charge is 2.17. The van der Waals surface area contributed by atoms with Gasteiger partial charge in [0, 0.05) is 6.42 Å². The first kappa shape index (κ1) is 14.6. The molecule has 0 aromatic heterocycles. The molecule has 0 aliphatic heterocycles. The van der Waals surface area contributed by atoms with Gasteiger partial charge in [0.25, 0.3) is 0 Å². The number of benzene rings is 1. The molecule has 5 heteroatoms. The van der Waals surface area contributed by atoms with Gasteiger partial charge >= 0.3 is 0 Å². The van der Waals surface area contributed by atoms with Gasteiger partial charge in [0.2, 0.25) is 10.0 Å². The third-order valence-corrected chi connectivity index (χ3v) is 3.26. The summed E-state index contributed by atoms with van der Waals surface area (Å²) < 4.78 is 28.5. The maximum absolute atomic E-state index is 11.5. The molecular weight excluding hydrogens is 250 g/mol. The molecule has 0 unspecified atom stereocenters. The van der Waals surface area contributed by atoms with Crippen molar-refractivity contribution in [3.8, 4) is 17.6 Å². The van der Waals surface area contributed by atoms with Crippen molar-refractivity contribution in [2.24, 2.45) is 5.14 Å². The van der Waals surface area contributed by atoms with Crippen LogP contribution in [0.1, 0.15) is 24.5 Å². The van der Waals surface area contributed by atoms with Gasteiger partial charge in [-0.05, 0) is 38.0 Å². The zero-order valence-electron chi connectivity index (χ0n) is 10.8. The molecule has 0 saturated carbocycles. The Hall–Kier alpha value is -1.51. The molecule has 0 spiro atoms. The number of nitrogens with two attached hydrogens (primary N) is 1. The highest BCUT2D eigenvalue weighted by atomic mass is 32.2. The SMILES string of the molecule is CC#CCCOc1c(C)cc(C)cc1S(N)(=O)=O. The molecular formula is C13H17NO3S. The number of primary sulfonamides is 1. The second-order valence-corrected chi connectivity index (χ2v) is 5.51. The number of sulfonamides is 1.